The second kappa shape index (κ2) is 6.13. The molecule has 0 radical (unpaired) electrons. The lowest BCUT2D eigenvalue weighted by Gasteiger charge is -2.29. The van der Waals surface area contributed by atoms with Crippen LogP contribution in [0.2, 0.25) is 0 Å². The molecule has 18 heavy (non-hydrogen) atoms. The summed E-state index contributed by atoms with van der Waals surface area (Å²) in [5.41, 5.74) is 0.387. The minimum atomic E-state index is -0.735. The van der Waals surface area contributed by atoms with Crippen molar-refractivity contribution in [1.82, 2.24) is 5.32 Å². The maximum atomic E-state index is 13.7. The summed E-state index contributed by atoms with van der Waals surface area (Å²) in [4.78, 5) is 0. The molecule has 3 atom stereocenters. The van der Waals surface area contributed by atoms with Crippen LogP contribution in [-0.2, 0) is 0 Å². The van der Waals surface area contributed by atoms with E-state index in [9.17, 15) is 9.50 Å². The third kappa shape index (κ3) is 3.53. The van der Waals surface area contributed by atoms with Crippen LogP contribution in [0.1, 0.15) is 37.9 Å². The third-order valence-corrected chi connectivity index (χ3v) is 4.08. The third-order valence-electron chi connectivity index (χ3n) is 3.59. The quantitative estimate of drug-likeness (QED) is 0.896. The number of nitrogens with one attached hydrogen (secondary N) is 1. The summed E-state index contributed by atoms with van der Waals surface area (Å²) in [5.74, 6) is 0.332. The summed E-state index contributed by atoms with van der Waals surface area (Å²) < 4.78 is 14.4. The van der Waals surface area contributed by atoms with E-state index >= 15 is 0 Å². The summed E-state index contributed by atoms with van der Waals surface area (Å²) in [6.07, 6.45) is 2.07. The molecule has 1 saturated heterocycles. The van der Waals surface area contributed by atoms with Crippen molar-refractivity contribution in [2.75, 3.05) is 6.54 Å². The fourth-order valence-electron chi connectivity index (χ4n) is 2.57. The highest BCUT2D eigenvalue weighted by Crippen LogP contribution is 2.27. The fraction of sp³-hybridized carbons (Fsp3) is 0.571. The first kappa shape index (κ1) is 14.0. The molecule has 4 heteroatoms. The average Bonchev–Trinajstić information content (AvgIpc) is 2.28. The second-order valence-corrected chi connectivity index (χ2v) is 6.11. The summed E-state index contributed by atoms with van der Waals surface area (Å²) in [7, 11) is 0. The van der Waals surface area contributed by atoms with Gasteiger partial charge in [0.25, 0.3) is 0 Å². The first-order chi connectivity index (χ1) is 8.56. The van der Waals surface area contributed by atoms with E-state index in [1.807, 2.05) is 0 Å². The Morgan fingerprint density at radius 2 is 2.33 bits per heavy atom. The number of halogens is 2. The Balaban J connectivity index is 2.00. The van der Waals surface area contributed by atoms with Crippen LogP contribution >= 0.6 is 15.9 Å². The van der Waals surface area contributed by atoms with E-state index < -0.39 is 6.10 Å². The number of aliphatic hydroxyl groups excluding tert-OH is 1. The average molecular weight is 316 g/mol. The molecule has 1 aliphatic rings. The van der Waals surface area contributed by atoms with E-state index in [1.165, 1.54) is 12.5 Å². The molecule has 1 fully saturated rings. The van der Waals surface area contributed by atoms with Gasteiger partial charge in [0.15, 0.2) is 0 Å². The zero-order valence-electron chi connectivity index (χ0n) is 10.5. The van der Waals surface area contributed by atoms with Crippen molar-refractivity contribution in [2.24, 2.45) is 5.92 Å². The van der Waals surface area contributed by atoms with Crippen molar-refractivity contribution in [3.05, 3.63) is 34.1 Å². The van der Waals surface area contributed by atoms with Gasteiger partial charge in [-0.3, -0.25) is 0 Å². The zero-order valence-corrected chi connectivity index (χ0v) is 12.1. The first-order valence-electron chi connectivity index (χ1n) is 6.42. The molecule has 0 bridgehead atoms. The Hall–Kier alpha value is -0.450. The zero-order chi connectivity index (χ0) is 13.1. The van der Waals surface area contributed by atoms with Crippen LogP contribution in [0.5, 0.6) is 0 Å². The second-order valence-electron chi connectivity index (χ2n) is 5.20. The molecular formula is C14H19BrFNO. The Labute approximate surface area is 116 Å². The maximum absolute atomic E-state index is 13.7. The van der Waals surface area contributed by atoms with E-state index in [1.54, 1.807) is 12.1 Å². The van der Waals surface area contributed by atoms with Crippen LogP contribution in [-0.4, -0.2) is 17.7 Å². The highest BCUT2D eigenvalue weighted by molar-refractivity contribution is 9.10. The Morgan fingerprint density at radius 1 is 1.56 bits per heavy atom. The molecular weight excluding hydrogens is 297 g/mol. The van der Waals surface area contributed by atoms with Crippen molar-refractivity contribution in [3.63, 3.8) is 0 Å². The Kier molecular flexibility index (Phi) is 4.76. The number of hydrogen-bond acceptors (Lipinski definition) is 2. The summed E-state index contributed by atoms with van der Waals surface area (Å²) in [5, 5.41) is 13.5. The van der Waals surface area contributed by atoms with Gasteiger partial charge in [0.05, 0.1) is 6.10 Å². The summed E-state index contributed by atoms with van der Waals surface area (Å²) in [6, 6.07) is 5.09. The minimum absolute atomic E-state index is 0.284. The molecule has 2 rings (SSSR count). The van der Waals surface area contributed by atoms with E-state index in [0.29, 0.717) is 22.4 Å². The molecule has 0 amide bonds. The predicted molar refractivity (Wildman–Crippen MR) is 73.9 cm³/mol. The molecule has 2 nitrogen and oxygen atoms in total. The van der Waals surface area contributed by atoms with Crippen LogP contribution in [0.4, 0.5) is 4.39 Å². The number of benzene rings is 1. The Morgan fingerprint density at radius 3 is 3.00 bits per heavy atom. The van der Waals surface area contributed by atoms with Crippen LogP contribution < -0.4 is 5.32 Å². The maximum Gasteiger partial charge on any atom is 0.130 e. The lowest BCUT2D eigenvalue weighted by molar-refractivity contribution is 0.134. The topological polar surface area (TPSA) is 32.3 Å². The van der Waals surface area contributed by atoms with Crippen molar-refractivity contribution >= 4 is 15.9 Å². The number of hydrogen-bond donors (Lipinski definition) is 2. The van der Waals surface area contributed by atoms with Gasteiger partial charge < -0.3 is 10.4 Å². The van der Waals surface area contributed by atoms with E-state index in [4.69, 9.17) is 0 Å². The van der Waals surface area contributed by atoms with Gasteiger partial charge >= 0.3 is 0 Å². The van der Waals surface area contributed by atoms with E-state index in [2.05, 4.69) is 28.2 Å². The number of aliphatic hydroxyl groups is 1. The molecule has 0 aromatic heterocycles. The van der Waals surface area contributed by atoms with Crippen LogP contribution in [0, 0.1) is 11.7 Å². The molecule has 0 spiro atoms. The van der Waals surface area contributed by atoms with Crippen molar-refractivity contribution < 1.29 is 9.50 Å². The minimum Gasteiger partial charge on any atom is -0.388 e. The lowest BCUT2D eigenvalue weighted by atomic mass is 9.90. The molecule has 1 aromatic carbocycles. The van der Waals surface area contributed by atoms with Gasteiger partial charge in [0.1, 0.15) is 5.82 Å². The summed E-state index contributed by atoms with van der Waals surface area (Å²) >= 11 is 3.22. The highest BCUT2D eigenvalue weighted by atomic mass is 79.9. The van der Waals surface area contributed by atoms with Gasteiger partial charge in [-0.15, -0.1) is 0 Å². The number of piperidine rings is 1. The SMILES string of the molecule is CC1CCNC(CC(O)c2ccc(Br)cc2F)C1. The van der Waals surface area contributed by atoms with Crippen molar-refractivity contribution in [2.45, 2.75) is 38.3 Å². The molecule has 0 aliphatic carbocycles. The van der Waals surface area contributed by atoms with Gasteiger partial charge in [-0.25, -0.2) is 4.39 Å². The van der Waals surface area contributed by atoms with Crippen LogP contribution in [0.25, 0.3) is 0 Å². The lowest BCUT2D eigenvalue weighted by Crippen LogP contribution is -2.38. The molecule has 100 valence electrons. The van der Waals surface area contributed by atoms with Crippen LogP contribution in [0.15, 0.2) is 22.7 Å². The molecule has 0 saturated carbocycles. The smallest absolute Gasteiger partial charge is 0.130 e. The molecule has 1 aliphatic heterocycles. The number of rotatable bonds is 3. The predicted octanol–water partition coefficient (Wildman–Crippen LogP) is 3.40. The largest absolute Gasteiger partial charge is 0.388 e. The van der Waals surface area contributed by atoms with E-state index in [0.717, 1.165) is 13.0 Å². The van der Waals surface area contributed by atoms with Gasteiger partial charge in [-0.05, 0) is 43.9 Å². The van der Waals surface area contributed by atoms with Crippen molar-refractivity contribution in [3.8, 4) is 0 Å². The monoisotopic (exact) mass is 315 g/mol. The Bertz CT molecular complexity index is 413. The van der Waals surface area contributed by atoms with Crippen molar-refractivity contribution in [1.29, 1.82) is 0 Å². The molecule has 2 N–H and O–H groups in total. The molecule has 1 aromatic rings. The van der Waals surface area contributed by atoms with Gasteiger partial charge in [0.2, 0.25) is 0 Å². The van der Waals surface area contributed by atoms with Gasteiger partial charge in [0, 0.05) is 16.1 Å². The molecule has 1 heterocycles. The molecule has 3 unspecified atom stereocenters. The van der Waals surface area contributed by atoms with Gasteiger partial charge in [-0.2, -0.15) is 0 Å². The van der Waals surface area contributed by atoms with Gasteiger partial charge in [-0.1, -0.05) is 28.9 Å². The normalized spacial score (nSPS) is 26.0. The summed E-state index contributed by atoms with van der Waals surface area (Å²) in [6.45, 7) is 3.21. The van der Waals surface area contributed by atoms with E-state index in [-0.39, 0.29) is 11.9 Å². The highest BCUT2D eigenvalue weighted by Gasteiger charge is 2.23. The fourth-order valence-corrected chi connectivity index (χ4v) is 2.90. The standard InChI is InChI=1S/C14H19BrFNO/c1-9-4-5-17-11(6-9)8-14(18)12-3-2-10(15)7-13(12)16/h2-3,7,9,11,14,17-18H,4-6,8H2,1H3. The van der Waals surface area contributed by atoms with Crippen LogP contribution in [0.3, 0.4) is 0 Å². The first-order valence-corrected chi connectivity index (χ1v) is 7.22.